The van der Waals surface area contributed by atoms with Crippen LogP contribution in [-0.4, -0.2) is 37.5 Å². The van der Waals surface area contributed by atoms with Crippen LogP contribution in [0.5, 0.6) is 0 Å². The fourth-order valence-corrected chi connectivity index (χ4v) is 3.22. The zero-order chi connectivity index (χ0) is 16.7. The second-order valence-corrected chi connectivity index (χ2v) is 6.17. The number of fused-ring (bicyclic) bond motifs is 2. The molecule has 1 unspecified atom stereocenters. The lowest BCUT2D eigenvalue weighted by molar-refractivity contribution is 0.0955. The largest absolute Gasteiger partial charge is 0.394 e. The van der Waals surface area contributed by atoms with Gasteiger partial charge in [0.2, 0.25) is 0 Å². The van der Waals surface area contributed by atoms with Crippen molar-refractivity contribution in [3.63, 3.8) is 0 Å². The molecule has 4 rings (SSSR count). The summed E-state index contributed by atoms with van der Waals surface area (Å²) in [4.78, 5) is 7.73. The molecule has 0 aliphatic rings. The third-order valence-electron chi connectivity index (χ3n) is 4.42. The summed E-state index contributed by atoms with van der Waals surface area (Å²) in [6.45, 7) is -0.229. The first kappa shape index (κ1) is 14.9. The fourth-order valence-electron chi connectivity index (χ4n) is 3.22. The lowest BCUT2D eigenvalue weighted by Gasteiger charge is -2.07. The van der Waals surface area contributed by atoms with Crippen LogP contribution in [0.2, 0.25) is 0 Å². The maximum absolute atomic E-state index is 9.70. The number of pyridine rings is 1. The fraction of sp³-hybridized carbons (Fsp3) is 0.211. The number of nitrogens with one attached hydrogen (secondary N) is 1. The summed E-state index contributed by atoms with van der Waals surface area (Å²) < 4.78 is 2.09. The smallest absolute Gasteiger partial charge is 0.137 e. The normalized spacial score (nSPS) is 13.0. The summed E-state index contributed by atoms with van der Waals surface area (Å²) in [5.74, 6) is 0. The van der Waals surface area contributed by atoms with Crippen LogP contribution < -0.4 is 0 Å². The topological polar surface area (TPSA) is 74.1 Å². The van der Waals surface area contributed by atoms with E-state index in [1.165, 1.54) is 0 Å². The van der Waals surface area contributed by atoms with Crippen LogP contribution >= 0.6 is 0 Å². The summed E-state index contributed by atoms with van der Waals surface area (Å²) in [5.41, 5.74) is 5.13. The highest BCUT2D eigenvalue weighted by Crippen LogP contribution is 2.32. The molecule has 5 nitrogen and oxygen atoms in total. The van der Waals surface area contributed by atoms with E-state index >= 15 is 0 Å². The predicted molar refractivity (Wildman–Crippen MR) is 94.8 cm³/mol. The molecule has 0 saturated carbocycles. The van der Waals surface area contributed by atoms with E-state index in [2.05, 4.69) is 38.9 Å². The molecule has 0 radical (unpaired) electrons. The Kier molecular flexibility index (Phi) is 3.59. The van der Waals surface area contributed by atoms with Crippen LogP contribution in [-0.2, 0) is 13.5 Å². The molecule has 0 aliphatic heterocycles. The first-order valence-corrected chi connectivity index (χ1v) is 7.96. The Morgan fingerprint density at radius 2 is 2.12 bits per heavy atom. The monoisotopic (exact) mass is 321 g/mol. The van der Waals surface area contributed by atoms with Gasteiger partial charge in [0.25, 0.3) is 0 Å². The molecule has 122 valence electrons. The molecule has 3 heterocycles. The Balaban J connectivity index is 1.86. The van der Waals surface area contributed by atoms with Crippen LogP contribution in [0.15, 0.2) is 48.8 Å². The number of aliphatic hydroxyl groups excluding tert-OH is 2. The van der Waals surface area contributed by atoms with Crippen molar-refractivity contribution in [3.8, 4) is 11.3 Å². The Morgan fingerprint density at radius 3 is 2.92 bits per heavy atom. The van der Waals surface area contributed by atoms with Gasteiger partial charge in [-0.1, -0.05) is 6.07 Å². The van der Waals surface area contributed by atoms with Crippen molar-refractivity contribution in [2.45, 2.75) is 12.5 Å². The Morgan fingerprint density at radius 1 is 1.25 bits per heavy atom. The van der Waals surface area contributed by atoms with Crippen molar-refractivity contribution in [1.82, 2.24) is 14.5 Å². The summed E-state index contributed by atoms with van der Waals surface area (Å²) in [6.07, 6.45) is 3.59. The van der Waals surface area contributed by atoms with E-state index in [4.69, 9.17) is 5.11 Å². The number of hydrogen-bond donors (Lipinski definition) is 3. The number of nitrogens with zero attached hydrogens (tertiary/aromatic N) is 2. The quantitative estimate of drug-likeness (QED) is 0.541. The second-order valence-electron chi connectivity index (χ2n) is 6.17. The molecule has 4 aromatic rings. The van der Waals surface area contributed by atoms with Gasteiger partial charge in [0.05, 0.1) is 12.7 Å². The summed E-state index contributed by atoms with van der Waals surface area (Å²) >= 11 is 0. The number of aromatic amines is 1. The van der Waals surface area contributed by atoms with Gasteiger partial charge in [-0.25, -0.2) is 4.98 Å². The van der Waals surface area contributed by atoms with Gasteiger partial charge in [-0.3, -0.25) is 0 Å². The zero-order valence-corrected chi connectivity index (χ0v) is 13.4. The van der Waals surface area contributed by atoms with Crippen LogP contribution in [0.4, 0.5) is 0 Å². The minimum atomic E-state index is -0.730. The van der Waals surface area contributed by atoms with E-state index in [0.29, 0.717) is 6.42 Å². The molecule has 0 fully saturated rings. The van der Waals surface area contributed by atoms with Gasteiger partial charge in [0, 0.05) is 53.4 Å². The highest BCUT2D eigenvalue weighted by Gasteiger charge is 2.13. The highest BCUT2D eigenvalue weighted by molar-refractivity contribution is 5.98. The molecule has 1 aromatic carbocycles. The van der Waals surface area contributed by atoms with E-state index in [0.717, 1.165) is 38.8 Å². The predicted octanol–water partition coefficient (Wildman–Crippen LogP) is 2.62. The minimum Gasteiger partial charge on any atom is -0.394 e. The molecule has 0 amide bonds. The SMILES string of the molecule is Cn1cc(-c2cc3cccnc3[nH]2)c2cc(CC(O)CO)ccc21. The number of hydrogen-bond acceptors (Lipinski definition) is 3. The molecule has 0 aliphatic carbocycles. The van der Waals surface area contributed by atoms with Gasteiger partial charge in [-0.2, -0.15) is 0 Å². The van der Waals surface area contributed by atoms with Gasteiger partial charge >= 0.3 is 0 Å². The van der Waals surface area contributed by atoms with Crippen molar-refractivity contribution in [2.24, 2.45) is 7.05 Å². The molecule has 0 saturated heterocycles. The average molecular weight is 321 g/mol. The minimum absolute atomic E-state index is 0.229. The number of H-pyrrole nitrogens is 1. The molecule has 3 aromatic heterocycles. The molecular formula is C19H19N3O2. The van der Waals surface area contributed by atoms with Crippen LogP contribution in [0.3, 0.4) is 0 Å². The molecule has 24 heavy (non-hydrogen) atoms. The lowest BCUT2D eigenvalue weighted by Crippen LogP contribution is -2.14. The lowest BCUT2D eigenvalue weighted by atomic mass is 10.0. The van der Waals surface area contributed by atoms with Gasteiger partial charge in [-0.05, 0) is 35.9 Å². The molecule has 1 atom stereocenters. The van der Waals surface area contributed by atoms with Crippen molar-refractivity contribution < 1.29 is 10.2 Å². The van der Waals surface area contributed by atoms with Gasteiger partial charge < -0.3 is 19.8 Å². The number of aliphatic hydroxyl groups is 2. The van der Waals surface area contributed by atoms with Crippen LogP contribution in [0.25, 0.3) is 33.2 Å². The maximum Gasteiger partial charge on any atom is 0.137 e. The molecule has 0 spiro atoms. The molecule has 0 bridgehead atoms. The Hall–Kier alpha value is -2.63. The van der Waals surface area contributed by atoms with Gasteiger partial charge in [0.1, 0.15) is 5.65 Å². The summed E-state index contributed by atoms with van der Waals surface area (Å²) in [5, 5.41) is 21.0. The number of aromatic nitrogens is 3. The van der Waals surface area contributed by atoms with E-state index in [9.17, 15) is 5.11 Å². The van der Waals surface area contributed by atoms with E-state index in [1.807, 2.05) is 25.2 Å². The first-order chi connectivity index (χ1) is 11.7. The zero-order valence-electron chi connectivity index (χ0n) is 13.4. The standard InChI is InChI=1S/C19H19N3O2/c1-22-10-16(17-9-13-3-2-6-20-19(13)21-17)15-8-12(4-5-18(15)22)7-14(24)11-23/h2-6,8-10,14,23-24H,7,11H2,1H3,(H,20,21). The van der Waals surface area contributed by atoms with E-state index in [1.54, 1.807) is 6.20 Å². The third-order valence-corrected chi connectivity index (χ3v) is 4.42. The summed E-state index contributed by atoms with van der Waals surface area (Å²) in [7, 11) is 2.02. The average Bonchev–Trinajstić information content (AvgIpc) is 3.15. The second kappa shape index (κ2) is 5.78. The molecule has 5 heteroatoms. The molecular weight excluding hydrogens is 302 g/mol. The summed E-state index contributed by atoms with van der Waals surface area (Å²) in [6, 6.07) is 12.2. The third kappa shape index (κ3) is 2.48. The van der Waals surface area contributed by atoms with E-state index < -0.39 is 6.10 Å². The van der Waals surface area contributed by atoms with Crippen molar-refractivity contribution in [3.05, 3.63) is 54.4 Å². The Labute approximate surface area is 139 Å². The van der Waals surface area contributed by atoms with Crippen molar-refractivity contribution in [2.75, 3.05) is 6.61 Å². The van der Waals surface area contributed by atoms with Crippen LogP contribution in [0.1, 0.15) is 5.56 Å². The van der Waals surface area contributed by atoms with Crippen molar-refractivity contribution >= 4 is 21.9 Å². The Bertz CT molecular complexity index is 983. The van der Waals surface area contributed by atoms with Gasteiger partial charge in [0.15, 0.2) is 0 Å². The first-order valence-electron chi connectivity index (χ1n) is 7.96. The van der Waals surface area contributed by atoms with E-state index in [-0.39, 0.29) is 6.61 Å². The number of aryl methyl sites for hydroxylation is 1. The van der Waals surface area contributed by atoms with Gasteiger partial charge in [-0.15, -0.1) is 0 Å². The molecule has 3 N–H and O–H groups in total. The number of rotatable bonds is 4. The maximum atomic E-state index is 9.70. The van der Waals surface area contributed by atoms with Crippen molar-refractivity contribution in [1.29, 1.82) is 0 Å². The van der Waals surface area contributed by atoms with Crippen LogP contribution in [0, 0.1) is 0 Å². The number of benzene rings is 1. The highest BCUT2D eigenvalue weighted by atomic mass is 16.3.